The SMILES string of the molecule is Cc1cc(OCCCC(=O)N2CCC(C(=O)O)C2C)ccc1Cl. The van der Waals surface area contributed by atoms with E-state index in [0.29, 0.717) is 37.4 Å². The summed E-state index contributed by atoms with van der Waals surface area (Å²) in [7, 11) is 0. The van der Waals surface area contributed by atoms with E-state index in [0.717, 1.165) is 11.3 Å². The Morgan fingerprint density at radius 3 is 2.78 bits per heavy atom. The van der Waals surface area contributed by atoms with Crippen LogP contribution in [-0.4, -0.2) is 41.1 Å². The zero-order valence-corrected chi connectivity index (χ0v) is 14.2. The minimum atomic E-state index is -0.825. The fraction of sp³-hybridized carbons (Fsp3) is 0.529. The van der Waals surface area contributed by atoms with Gasteiger partial charge in [-0.05, 0) is 50.5 Å². The van der Waals surface area contributed by atoms with Gasteiger partial charge in [0.15, 0.2) is 0 Å². The predicted molar refractivity (Wildman–Crippen MR) is 87.8 cm³/mol. The lowest BCUT2D eigenvalue weighted by atomic mass is 10.0. The first-order valence-corrected chi connectivity index (χ1v) is 8.19. The molecule has 126 valence electrons. The fourth-order valence-electron chi connectivity index (χ4n) is 2.89. The number of ether oxygens (including phenoxy) is 1. The van der Waals surface area contributed by atoms with E-state index in [1.165, 1.54) is 0 Å². The molecule has 1 saturated heterocycles. The molecule has 1 aromatic rings. The lowest BCUT2D eigenvalue weighted by Gasteiger charge is -2.23. The molecule has 1 aliphatic heterocycles. The van der Waals surface area contributed by atoms with E-state index < -0.39 is 11.9 Å². The van der Waals surface area contributed by atoms with E-state index in [9.17, 15) is 9.59 Å². The topological polar surface area (TPSA) is 66.8 Å². The molecule has 6 heteroatoms. The number of benzene rings is 1. The molecule has 0 aliphatic carbocycles. The first-order valence-electron chi connectivity index (χ1n) is 7.81. The van der Waals surface area contributed by atoms with E-state index in [2.05, 4.69) is 0 Å². The molecule has 2 unspecified atom stereocenters. The Balaban J connectivity index is 1.75. The van der Waals surface area contributed by atoms with Crippen molar-refractivity contribution in [2.75, 3.05) is 13.2 Å². The van der Waals surface area contributed by atoms with Crippen LogP contribution in [0.1, 0.15) is 31.7 Å². The van der Waals surface area contributed by atoms with Crippen LogP contribution in [0.25, 0.3) is 0 Å². The van der Waals surface area contributed by atoms with Gasteiger partial charge in [-0.3, -0.25) is 9.59 Å². The number of carbonyl (C=O) groups is 2. The highest BCUT2D eigenvalue weighted by Crippen LogP contribution is 2.25. The molecule has 0 spiro atoms. The highest BCUT2D eigenvalue weighted by molar-refractivity contribution is 6.31. The van der Waals surface area contributed by atoms with E-state index in [-0.39, 0.29) is 11.9 Å². The maximum Gasteiger partial charge on any atom is 0.308 e. The number of carboxylic acid groups (broad SMARTS) is 1. The summed E-state index contributed by atoms with van der Waals surface area (Å²) in [5.74, 6) is -0.543. The van der Waals surface area contributed by atoms with Crippen molar-refractivity contribution in [3.8, 4) is 5.75 Å². The van der Waals surface area contributed by atoms with Crippen LogP contribution in [0.5, 0.6) is 5.75 Å². The Labute approximate surface area is 141 Å². The molecule has 1 heterocycles. The zero-order chi connectivity index (χ0) is 17.0. The van der Waals surface area contributed by atoms with Crippen LogP contribution in [0, 0.1) is 12.8 Å². The Hall–Kier alpha value is -1.75. The molecule has 0 aromatic heterocycles. The van der Waals surface area contributed by atoms with E-state index in [4.69, 9.17) is 21.4 Å². The molecule has 0 radical (unpaired) electrons. The number of carbonyl (C=O) groups excluding carboxylic acids is 1. The highest BCUT2D eigenvalue weighted by atomic mass is 35.5. The molecular weight excluding hydrogens is 318 g/mol. The third kappa shape index (κ3) is 4.38. The molecule has 1 fully saturated rings. The number of rotatable bonds is 6. The second-order valence-electron chi connectivity index (χ2n) is 5.92. The second kappa shape index (κ2) is 7.68. The molecule has 1 N–H and O–H groups in total. The lowest BCUT2D eigenvalue weighted by molar-refractivity contribution is -0.143. The average molecular weight is 340 g/mol. The van der Waals surface area contributed by atoms with Gasteiger partial charge in [0.2, 0.25) is 5.91 Å². The molecule has 1 amide bonds. The molecule has 1 aliphatic rings. The number of aliphatic carboxylic acids is 1. The molecule has 1 aromatic carbocycles. The van der Waals surface area contributed by atoms with Crippen molar-refractivity contribution in [2.24, 2.45) is 5.92 Å². The molecule has 5 nitrogen and oxygen atoms in total. The zero-order valence-electron chi connectivity index (χ0n) is 13.4. The average Bonchev–Trinajstić information content (AvgIpc) is 2.89. The minimum absolute atomic E-state index is 0.00265. The van der Waals surface area contributed by atoms with Crippen LogP contribution in [0.4, 0.5) is 0 Å². The van der Waals surface area contributed by atoms with Crippen LogP contribution in [0.15, 0.2) is 18.2 Å². The van der Waals surface area contributed by atoms with Crippen molar-refractivity contribution in [1.29, 1.82) is 0 Å². The standard InChI is InChI=1S/C17H22ClNO4/c1-11-10-13(5-6-15(11)18)23-9-3-4-16(20)19-8-7-14(12(19)2)17(21)22/h5-6,10,12,14H,3-4,7-9H2,1-2H3,(H,21,22). The summed E-state index contributed by atoms with van der Waals surface area (Å²) < 4.78 is 5.62. The number of carboxylic acids is 1. The molecule has 0 saturated carbocycles. The highest BCUT2D eigenvalue weighted by Gasteiger charge is 2.37. The summed E-state index contributed by atoms with van der Waals surface area (Å²) in [5, 5.41) is 9.80. The number of hydrogen-bond donors (Lipinski definition) is 1. The fourth-order valence-corrected chi connectivity index (χ4v) is 3.00. The molecule has 2 rings (SSSR count). The van der Waals surface area contributed by atoms with Crippen LogP contribution < -0.4 is 4.74 Å². The number of hydrogen-bond acceptors (Lipinski definition) is 3. The van der Waals surface area contributed by atoms with Gasteiger partial charge in [0, 0.05) is 24.0 Å². The monoisotopic (exact) mass is 339 g/mol. The minimum Gasteiger partial charge on any atom is -0.494 e. The molecular formula is C17H22ClNO4. The maximum atomic E-state index is 12.2. The number of likely N-dealkylation sites (tertiary alicyclic amines) is 1. The van der Waals surface area contributed by atoms with Crippen molar-refractivity contribution in [2.45, 2.75) is 39.2 Å². The van der Waals surface area contributed by atoms with Crippen LogP contribution in [0.3, 0.4) is 0 Å². The molecule has 2 atom stereocenters. The summed E-state index contributed by atoms with van der Waals surface area (Å²) in [6.45, 7) is 4.68. The van der Waals surface area contributed by atoms with Crippen molar-refractivity contribution >= 4 is 23.5 Å². The van der Waals surface area contributed by atoms with Crippen LogP contribution >= 0.6 is 11.6 Å². The summed E-state index contributed by atoms with van der Waals surface area (Å²) in [4.78, 5) is 24.9. The van der Waals surface area contributed by atoms with Crippen molar-refractivity contribution in [3.63, 3.8) is 0 Å². The van der Waals surface area contributed by atoms with Gasteiger partial charge in [-0.1, -0.05) is 11.6 Å². The first-order chi connectivity index (χ1) is 10.9. The van der Waals surface area contributed by atoms with Crippen LogP contribution in [-0.2, 0) is 9.59 Å². The van der Waals surface area contributed by atoms with Crippen molar-refractivity contribution in [1.82, 2.24) is 4.90 Å². The Morgan fingerprint density at radius 1 is 1.43 bits per heavy atom. The molecule has 0 bridgehead atoms. The summed E-state index contributed by atoms with van der Waals surface area (Å²) >= 11 is 5.96. The van der Waals surface area contributed by atoms with Crippen molar-refractivity contribution in [3.05, 3.63) is 28.8 Å². The van der Waals surface area contributed by atoms with E-state index in [1.54, 1.807) is 24.0 Å². The Kier molecular flexibility index (Phi) is 5.88. The van der Waals surface area contributed by atoms with Crippen LogP contribution in [0.2, 0.25) is 5.02 Å². The summed E-state index contributed by atoms with van der Waals surface area (Å²) in [5.41, 5.74) is 0.950. The molecule has 23 heavy (non-hydrogen) atoms. The third-order valence-electron chi connectivity index (χ3n) is 4.33. The lowest BCUT2D eigenvalue weighted by Crippen LogP contribution is -2.37. The predicted octanol–water partition coefficient (Wildman–Crippen LogP) is 3.13. The van der Waals surface area contributed by atoms with Gasteiger partial charge in [-0.15, -0.1) is 0 Å². The van der Waals surface area contributed by atoms with Gasteiger partial charge >= 0.3 is 5.97 Å². The normalized spacial score (nSPS) is 20.6. The first kappa shape index (κ1) is 17.6. The van der Waals surface area contributed by atoms with Gasteiger partial charge in [-0.2, -0.15) is 0 Å². The second-order valence-corrected chi connectivity index (χ2v) is 6.33. The largest absolute Gasteiger partial charge is 0.494 e. The summed E-state index contributed by atoms with van der Waals surface area (Å²) in [6, 6.07) is 5.22. The van der Waals surface area contributed by atoms with Gasteiger partial charge in [0.25, 0.3) is 0 Å². The number of halogens is 1. The smallest absolute Gasteiger partial charge is 0.308 e. The number of amides is 1. The quantitative estimate of drug-likeness (QED) is 0.808. The van der Waals surface area contributed by atoms with Gasteiger partial charge in [0.1, 0.15) is 5.75 Å². The van der Waals surface area contributed by atoms with E-state index in [1.807, 2.05) is 13.0 Å². The van der Waals surface area contributed by atoms with Gasteiger partial charge in [-0.25, -0.2) is 0 Å². The number of nitrogens with zero attached hydrogens (tertiary/aromatic N) is 1. The third-order valence-corrected chi connectivity index (χ3v) is 4.75. The van der Waals surface area contributed by atoms with Gasteiger partial charge < -0.3 is 14.7 Å². The summed E-state index contributed by atoms with van der Waals surface area (Å²) in [6.07, 6.45) is 1.49. The Bertz CT molecular complexity index is 590. The van der Waals surface area contributed by atoms with Gasteiger partial charge in [0.05, 0.1) is 12.5 Å². The number of aryl methyl sites for hydroxylation is 1. The maximum absolute atomic E-state index is 12.2. The Morgan fingerprint density at radius 2 is 2.17 bits per heavy atom. The van der Waals surface area contributed by atoms with Crippen molar-refractivity contribution < 1.29 is 19.4 Å². The van der Waals surface area contributed by atoms with E-state index >= 15 is 0 Å².